The average molecular weight is 363 g/mol. The maximum Gasteiger partial charge on any atom is 0.0706 e. The molecule has 1 aromatic heterocycles. The Morgan fingerprint density at radius 1 is 1.26 bits per heavy atom. The minimum atomic E-state index is 0.449. The third-order valence-electron chi connectivity index (χ3n) is 4.84. The van der Waals surface area contributed by atoms with E-state index in [0.717, 1.165) is 46.0 Å². The quantitative estimate of drug-likeness (QED) is 0.380. The third-order valence-corrected chi connectivity index (χ3v) is 4.84. The van der Waals surface area contributed by atoms with Gasteiger partial charge < -0.3 is 0 Å². The molecule has 1 atom stereocenters. The Morgan fingerprint density at radius 2 is 2.00 bits per heavy atom. The van der Waals surface area contributed by atoms with Gasteiger partial charge in [0.05, 0.1) is 23.9 Å². The first-order valence-electron chi connectivity index (χ1n) is 9.95. The molecule has 1 heterocycles. The van der Waals surface area contributed by atoms with Crippen LogP contribution in [0.2, 0.25) is 0 Å². The zero-order chi connectivity index (χ0) is 20.2. The lowest BCUT2D eigenvalue weighted by Crippen LogP contribution is -1.98. The van der Waals surface area contributed by atoms with Gasteiger partial charge >= 0.3 is 0 Å². The molecule has 0 aliphatic rings. The smallest absolute Gasteiger partial charge is 0.0706 e. The van der Waals surface area contributed by atoms with E-state index in [1.165, 1.54) is 25.7 Å². The van der Waals surface area contributed by atoms with Crippen LogP contribution in [0.1, 0.15) is 83.2 Å². The standard InChI is InChI=1S/C25H34N2/c1-7-10-19(3)11-9-12-21(5)23-15-16-25(27-24(23)8-2)22(6)14-13-20(4)17-18-26/h8,13-16,19H,2,5,7,9-12,17H2,1,3-4,6H3/b20-13+,22-14+. The molecule has 0 bridgehead atoms. The molecule has 0 aromatic carbocycles. The zero-order valence-electron chi connectivity index (χ0n) is 17.5. The van der Waals surface area contributed by atoms with Crippen molar-refractivity contribution < 1.29 is 0 Å². The van der Waals surface area contributed by atoms with Gasteiger partial charge in [-0.2, -0.15) is 5.26 Å². The van der Waals surface area contributed by atoms with Gasteiger partial charge in [0.2, 0.25) is 0 Å². The van der Waals surface area contributed by atoms with Gasteiger partial charge in [-0.05, 0) is 55.9 Å². The molecule has 0 fully saturated rings. The second-order valence-corrected chi connectivity index (χ2v) is 7.42. The van der Waals surface area contributed by atoms with Crippen molar-refractivity contribution >= 4 is 17.2 Å². The normalized spacial score (nSPS) is 13.1. The van der Waals surface area contributed by atoms with E-state index in [4.69, 9.17) is 10.2 Å². The molecule has 0 saturated carbocycles. The van der Waals surface area contributed by atoms with Crippen LogP contribution in [-0.2, 0) is 0 Å². The highest BCUT2D eigenvalue weighted by Gasteiger charge is 2.09. The van der Waals surface area contributed by atoms with Crippen LogP contribution in [0.4, 0.5) is 0 Å². The predicted molar refractivity (Wildman–Crippen MR) is 119 cm³/mol. The molecule has 0 amide bonds. The maximum atomic E-state index is 8.75. The van der Waals surface area contributed by atoms with E-state index in [9.17, 15) is 0 Å². The number of hydrogen-bond acceptors (Lipinski definition) is 2. The molecule has 0 aliphatic carbocycles. The van der Waals surface area contributed by atoms with E-state index >= 15 is 0 Å². The minimum absolute atomic E-state index is 0.449. The van der Waals surface area contributed by atoms with Crippen LogP contribution in [0, 0.1) is 17.2 Å². The Balaban J connectivity index is 2.86. The summed E-state index contributed by atoms with van der Waals surface area (Å²) in [4.78, 5) is 4.77. The lowest BCUT2D eigenvalue weighted by atomic mass is 9.94. The molecule has 0 aliphatic heterocycles. The van der Waals surface area contributed by atoms with Crippen LogP contribution in [-0.4, -0.2) is 4.98 Å². The van der Waals surface area contributed by atoms with Crippen LogP contribution in [0.15, 0.2) is 43.0 Å². The maximum absolute atomic E-state index is 8.75. The first-order valence-corrected chi connectivity index (χ1v) is 9.95. The molecule has 2 nitrogen and oxygen atoms in total. The van der Waals surface area contributed by atoms with Gasteiger partial charge in [0, 0.05) is 5.56 Å². The van der Waals surface area contributed by atoms with E-state index in [2.05, 4.69) is 39.1 Å². The molecule has 0 N–H and O–H groups in total. The van der Waals surface area contributed by atoms with Crippen molar-refractivity contribution in [2.45, 2.75) is 66.2 Å². The summed E-state index contributed by atoms with van der Waals surface area (Å²) < 4.78 is 0. The Labute approximate surface area is 166 Å². The molecule has 0 radical (unpaired) electrons. The zero-order valence-corrected chi connectivity index (χ0v) is 17.5. The molecular formula is C25H34N2. The van der Waals surface area contributed by atoms with Crippen LogP contribution < -0.4 is 0 Å². The molecular weight excluding hydrogens is 328 g/mol. The van der Waals surface area contributed by atoms with E-state index in [0.29, 0.717) is 6.42 Å². The van der Waals surface area contributed by atoms with Crippen LogP contribution in [0.25, 0.3) is 17.2 Å². The molecule has 0 spiro atoms. The lowest BCUT2D eigenvalue weighted by Gasteiger charge is -2.13. The van der Waals surface area contributed by atoms with E-state index in [1.807, 2.05) is 38.1 Å². The lowest BCUT2D eigenvalue weighted by molar-refractivity contribution is 0.473. The number of nitrogens with zero attached hydrogens (tertiary/aromatic N) is 2. The predicted octanol–water partition coefficient (Wildman–Crippen LogP) is 7.61. The highest BCUT2D eigenvalue weighted by Crippen LogP contribution is 2.26. The Kier molecular flexibility index (Phi) is 10.1. The fraction of sp³-hybridized carbons (Fsp3) is 0.440. The summed E-state index contributed by atoms with van der Waals surface area (Å²) in [6.07, 6.45) is 12.2. The van der Waals surface area contributed by atoms with Crippen LogP contribution >= 0.6 is 0 Å². The third kappa shape index (κ3) is 7.79. The first kappa shape index (κ1) is 22.6. The Hall–Kier alpha value is -2.40. The van der Waals surface area contributed by atoms with E-state index in [1.54, 1.807) is 0 Å². The number of allylic oxidation sites excluding steroid dienone is 5. The molecule has 1 unspecified atom stereocenters. The number of pyridine rings is 1. The first-order chi connectivity index (χ1) is 12.9. The SMILES string of the molecule is C=Cc1nc(/C(C)=C/C=C(\C)CC#N)ccc1C(=C)CCCC(C)CCC. The average Bonchev–Trinajstić information content (AvgIpc) is 2.65. The summed E-state index contributed by atoms with van der Waals surface area (Å²) in [5.41, 5.74) is 6.17. The van der Waals surface area contributed by atoms with Crippen molar-refractivity contribution in [1.82, 2.24) is 4.98 Å². The van der Waals surface area contributed by atoms with Gasteiger partial charge in [-0.15, -0.1) is 0 Å². The number of aromatic nitrogens is 1. The van der Waals surface area contributed by atoms with Gasteiger partial charge in [0.25, 0.3) is 0 Å². The van der Waals surface area contributed by atoms with Crippen molar-refractivity contribution in [3.63, 3.8) is 0 Å². The van der Waals surface area contributed by atoms with E-state index < -0.39 is 0 Å². The Bertz CT molecular complexity index is 744. The molecule has 0 saturated heterocycles. The number of hydrogen-bond donors (Lipinski definition) is 0. The second-order valence-electron chi connectivity index (χ2n) is 7.42. The number of nitriles is 1. The van der Waals surface area contributed by atoms with E-state index in [-0.39, 0.29) is 0 Å². The van der Waals surface area contributed by atoms with Gasteiger partial charge in [-0.25, -0.2) is 4.98 Å². The van der Waals surface area contributed by atoms with Gasteiger partial charge in [-0.3, -0.25) is 0 Å². The van der Waals surface area contributed by atoms with Gasteiger partial charge in [-0.1, -0.05) is 70.1 Å². The highest BCUT2D eigenvalue weighted by atomic mass is 14.7. The minimum Gasteiger partial charge on any atom is -0.248 e. The monoisotopic (exact) mass is 362 g/mol. The van der Waals surface area contributed by atoms with Crippen LogP contribution in [0.3, 0.4) is 0 Å². The molecule has 2 heteroatoms. The molecule has 1 aromatic rings. The summed E-state index contributed by atoms with van der Waals surface area (Å²) in [5, 5.41) is 8.75. The topological polar surface area (TPSA) is 36.7 Å². The van der Waals surface area contributed by atoms with Crippen molar-refractivity contribution in [3.8, 4) is 6.07 Å². The van der Waals surface area contributed by atoms with Crippen LogP contribution in [0.5, 0.6) is 0 Å². The van der Waals surface area contributed by atoms with Crippen molar-refractivity contribution in [2.75, 3.05) is 0 Å². The Morgan fingerprint density at radius 3 is 2.63 bits per heavy atom. The van der Waals surface area contributed by atoms with Crippen molar-refractivity contribution in [1.29, 1.82) is 5.26 Å². The molecule has 144 valence electrons. The second kappa shape index (κ2) is 12.1. The number of rotatable bonds is 11. The summed E-state index contributed by atoms with van der Waals surface area (Å²) in [5.74, 6) is 0.785. The fourth-order valence-electron chi connectivity index (χ4n) is 3.12. The fourth-order valence-corrected chi connectivity index (χ4v) is 3.12. The summed E-state index contributed by atoms with van der Waals surface area (Å²) in [6, 6.07) is 6.32. The molecule has 1 rings (SSSR count). The molecule has 27 heavy (non-hydrogen) atoms. The summed E-state index contributed by atoms with van der Waals surface area (Å²) in [7, 11) is 0. The van der Waals surface area contributed by atoms with Crippen molar-refractivity contribution in [2.24, 2.45) is 5.92 Å². The summed E-state index contributed by atoms with van der Waals surface area (Å²) >= 11 is 0. The largest absolute Gasteiger partial charge is 0.248 e. The van der Waals surface area contributed by atoms with Gasteiger partial charge in [0.1, 0.15) is 0 Å². The summed E-state index contributed by atoms with van der Waals surface area (Å²) in [6.45, 7) is 16.8. The van der Waals surface area contributed by atoms with Crippen molar-refractivity contribution in [3.05, 3.63) is 60.0 Å². The highest BCUT2D eigenvalue weighted by molar-refractivity contribution is 5.73. The van der Waals surface area contributed by atoms with Gasteiger partial charge in [0.15, 0.2) is 0 Å².